The molecule has 3 rings (SSSR count). The Labute approximate surface area is 192 Å². The minimum absolute atomic E-state index is 0.133. The van der Waals surface area contributed by atoms with Crippen LogP contribution >= 0.6 is 11.3 Å². The highest BCUT2D eigenvalue weighted by Crippen LogP contribution is 2.23. The highest BCUT2D eigenvalue weighted by atomic mass is 32.1. The van der Waals surface area contributed by atoms with Crippen molar-refractivity contribution in [2.75, 3.05) is 52.3 Å². The third-order valence-corrected chi connectivity index (χ3v) is 6.30. The van der Waals surface area contributed by atoms with Gasteiger partial charge in [0.2, 0.25) is 11.8 Å². The molecule has 32 heavy (non-hydrogen) atoms. The molecule has 1 N–H and O–H groups in total. The summed E-state index contributed by atoms with van der Waals surface area (Å²) in [6.07, 6.45) is 1.96. The second-order valence-electron chi connectivity index (χ2n) is 7.56. The fourth-order valence-electron chi connectivity index (χ4n) is 3.63. The van der Waals surface area contributed by atoms with Crippen molar-refractivity contribution >= 4 is 34.8 Å². The fourth-order valence-corrected chi connectivity index (χ4v) is 4.40. The number of nitrogens with one attached hydrogen (secondary N) is 1. The molecule has 1 aliphatic heterocycles. The lowest BCUT2D eigenvalue weighted by atomic mass is 10.1. The lowest BCUT2D eigenvalue weighted by molar-refractivity contribution is -0.131. The first-order valence-electron chi connectivity index (χ1n) is 10.6. The zero-order valence-corrected chi connectivity index (χ0v) is 19.3. The highest BCUT2D eigenvalue weighted by Gasteiger charge is 2.21. The molecule has 0 saturated carbocycles. The molecule has 1 aromatic carbocycles. The number of carbonyl (C=O) groups excluding carboxylic acids is 3. The van der Waals surface area contributed by atoms with Gasteiger partial charge < -0.3 is 19.7 Å². The van der Waals surface area contributed by atoms with Gasteiger partial charge in [0.1, 0.15) is 10.6 Å². The van der Waals surface area contributed by atoms with Gasteiger partial charge in [-0.15, -0.1) is 11.3 Å². The smallest absolute Gasteiger partial charge is 0.350 e. The third-order valence-electron chi connectivity index (χ3n) is 5.41. The van der Waals surface area contributed by atoms with Crippen LogP contribution in [0.1, 0.15) is 28.1 Å². The molecule has 9 heteroatoms. The van der Waals surface area contributed by atoms with Crippen LogP contribution in [0.3, 0.4) is 0 Å². The maximum atomic E-state index is 12.7. The average molecular weight is 460 g/mol. The van der Waals surface area contributed by atoms with Crippen LogP contribution in [0.5, 0.6) is 5.75 Å². The minimum atomic E-state index is -0.464. The van der Waals surface area contributed by atoms with Crippen LogP contribution in [-0.2, 0) is 20.7 Å². The summed E-state index contributed by atoms with van der Waals surface area (Å²) in [7, 11) is 2.95. The second-order valence-corrected chi connectivity index (χ2v) is 8.48. The number of esters is 1. The van der Waals surface area contributed by atoms with Crippen molar-refractivity contribution in [1.29, 1.82) is 0 Å². The van der Waals surface area contributed by atoms with Gasteiger partial charge in [0.05, 0.1) is 26.5 Å². The Morgan fingerprint density at radius 1 is 1.03 bits per heavy atom. The SMILES string of the molecule is COC(=O)c1sccc1NC(=O)CN1CCCN(C(=O)CCc2ccc(OC)cc2)CC1. The van der Waals surface area contributed by atoms with E-state index in [1.807, 2.05) is 34.1 Å². The van der Waals surface area contributed by atoms with E-state index in [4.69, 9.17) is 9.47 Å². The van der Waals surface area contributed by atoms with E-state index in [0.717, 1.165) is 24.3 Å². The van der Waals surface area contributed by atoms with Gasteiger partial charge in [-0.1, -0.05) is 12.1 Å². The monoisotopic (exact) mass is 459 g/mol. The first-order chi connectivity index (χ1) is 15.5. The first-order valence-corrected chi connectivity index (χ1v) is 11.5. The number of nitrogens with zero attached hydrogens (tertiary/aromatic N) is 2. The molecule has 0 bridgehead atoms. The van der Waals surface area contributed by atoms with Crippen LogP contribution in [0.25, 0.3) is 0 Å². The summed E-state index contributed by atoms with van der Waals surface area (Å²) in [6.45, 7) is 2.87. The molecule has 1 aliphatic rings. The number of rotatable bonds is 8. The lowest BCUT2D eigenvalue weighted by Crippen LogP contribution is -2.38. The van der Waals surface area contributed by atoms with Crippen molar-refractivity contribution in [1.82, 2.24) is 9.80 Å². The van der Waals surface area contributed by atoms with E-state index in [9.17, 15) is 14.4 Å². The van der Waals surface area contributed by atoms with Crippen molar-refractivity contribution in [2.45, 2.75) is 19.3 Å². The molecule has 8 nitrogen and oxygen atoms in total. The van der Waals surface area contributed by atoms with Crippen molar-refractivity contribution in [2.24, 2.45) is 0 Å². The number of thiophene rings is 1. The van der Waals surface area contributed by atoms with Gasteiger partial charge in [-0.2, -0.15) is 0 Å². The minimum Gasteiger partial charge on any atom is -0.497 e. The summed E-state index contributed by atoms with van der Waals surface area (Å²) in [6, 6.07) is 9.46. The van der Waals surface area contributed by atoms with Gasteiger partial charge in [-0.05, 0) is 42.0 Å². The summed E-state index contributed by atoms with van der Waals surface area (Å²) in [5, 5.41) is 4.53. The molecule has 2 heterocycles. The van der Waals surface area contributed by atoms with Crippen LogP contribution in [0.2, 0.25) is 0 Å². The fraction of sp³-hybridized carbons (Fsp3) is 0.435. The Morgan fingerprint density at radius 2 is 1.81 bits per heavy atom. The van der Waals surface area contributed by atoms with Crippen molar-refractivity contribution < 1.29 is 23.9 Å². The summed E-state index contributed by atoms with van der Waals surface area (Å²) < 4.78 is 9.91. The number of hydrogen-bond acceptors (Lipinski definition) is 7. The molecule has 0 unspecified atom stereocenters. The Balaban J connectivity index is 1.45. The van der Waals surface area contributed by atoms with Crippen LogP contribution in [-0.4, -0.2) is 74.5 Å². The van der Waals surface area contributed by atoms with E-state index in [-0.39, 0.29) is 18.4 Å². The van der Waals surface area contributed by atoms with Crippen LogP contribution in [0, 0.1) is 0 Å². The first kappa shape index (κ1) is 23.7. The number of carbonyl (C=O) groups is 3. The van der Waals surface area contributed by atoms with Gasteiger partial charge in [-0.3, -0.25) is 14.5 Å². The van der Waals surface area contributed by atoms with E-state index in [2.05, 4.69) is 5.32 Å². The average Bonchev–Trinajstić information content (AvgIpc) is 3.14. The van der Waals surface area contributed by atoms with E-state index < -0.39 is 5.97 Å². The molecule has 1 fully saturated rings. The lowest BCUT2D eigenvalue weighted by Gasteiger charge is -2.22. The summed E-state index contributed by atoms with van der Waals surface area (Å²) >= 11 is 1.23. The Hall–Kier alpha value is -2.91. The number of amides is 2. The Bertz CT molecular complexity index is 928. The molecule has 172 valence electrons. The summed E-state index contributed by atoms with van der Waals surface area (Å²) in [4.78, 5) is 41.2. The molecule has 1 aromatic heterocycles. The molecule has 2 amide bonds. The van der Waals surface area contributed by atoms with Crippen LogP contribution < -0.4 is 10.1 Å². The molecule has 0 spiro atoms. The predicted molar refractivity (Wildman–Crippen MR) is 123 cm³/mol. The van der Waals surface area contributed by atoms with Crippen molar-refractivity contribution in [3.63, 3.8) is 0 Å². The van der Waals surface area contributed by atoms with E-state index in [0.29, 0.717) is 43.0 Å². The molecule has 0 radical (unpaired) electrons. The maximum absolute atomic E-state index is 12.7. The molecule has 0 aliphatic carbocycles. The van der Waals surface area contributed by atoms with E-state index >= 15 is 0 Å². The van der Waals surface area contributed by atoms with Crippen molar-refractivity contribution in [3.05, 3.63) is 46.2 Å². The Kier molecular flexibility index (Phi) is 8.64. The summed E-state index contributed by atoms with van der Waals surface area (Å²) in [5.74, 6) is 0.284. The van der Waals surface area contributed by atoms with E-state index in [1.165, 1.54) is 18.4 Å². The second kappa shape index (κ2) is 11.6. The van der Waals surface area contributed by atoms with Gasteiger partial charge in [-0.25, -0.2) is 4.79 Å². The number of ether oxygens (including phenoxy) is 2. The van der Waals surface area contributed by atoms with Gasteiger partial charge in [0.25, 0.3) is 0 Å². The van der Waals surface area contributed by atoms with E-state index in [1.54, 1.807) is 18.6 Å². The quantitative estimate of drug-likeness (QED) is 0.611. The molecule has 0 atom stereocenters. The number of methoxy groups -OCH3 is 2. The third kappa shape index (κ3) is 6.54. The zero-order valence-electron chi connectivity index (χ0n) is 18.5. The largest absolute Gasteiger partial charge is 0.497 e. The Morgan fingerprint density at radius 3 is 2.53 bits per heavy atom. The van der Waals surface area contributed by atoms with Crippen LogP contribution in [0.4, 0.5) is 5.69 Å². The zero-order chi connectivity index (χ0) is 22.9. The van der Waals surface area contributed by atoms with Gasteiger partial charge >= 0.3 is 5.97 Å². The highest BCUT2D eigenvalue weighted by molar-refractivity contribution is 7.12. The molecular weight excluding hydrogens is 430 g/mol. The topological polar surface area (TPSA) is 88.2 Å². The number of aryl methyl sites for hydroxylation is 1. The normalized spacial score (nSPS) is 14.5. The molecule has 2 aromatic rings. The number of hydrogen-bond donors (Lipinski definition) is 1. The predicted octanol–water partition coefficient (Wildman–Crippen LogP) is 2.65. The van der Waals surface area contributed by atoms with Gasteiger partial charge in [0, 0.05) is 32.6 Å². The van der Waals surface area contributed by atoms with Crippen LogP contribution in [0.15, 0.2) is 35.7 Å². The molecular formula is C23H29N3O5S. The van der Waals surface area contributed by atoms with Crippen molar-refractivity contribution in [3.8, 4) is 5.75 Å². The maximum Gasteiger partial charge on any atom is 0.350 e. The number of anilines is 1. The number of benzene rings is 1. The summed E-state index contributed by atoms with van der Waals surface area (Å²) in [5.41, 5.74) is 1.57. The molecule has 1 saturated heterocycles. The standard InChI is InChI=1S/C23H29N3O5S/c1-30-18-7-4-17(5-8-18)6-9-21(28)26-12-3-11-25(13-14-26)16-20(27)24-19-10-15-32-22(19)23(29)31-2/h4-5,7-8,10,15H,3,6,9,11-14,16H2,1-2H3,(H,24,27). The van der Waals surface area contributed by atoms with Gasteiger partial charge in [0.15, 0.2) is 0 Å².